The maximum Gasteiger partial charge on any atom is 0.246 e. The van der Waals surface area contributed by atoms with Gasteiger partial charge in [0.2, 0.25) is 5.91 Å². The van der Waals surface area contributed by atoms with Gasteiger partial charge in [0.25, 0.3) is 0 Å². The molecule has 3 nitrogen and oxygen atoms in total. The van der Waals surface area contributed by atoms with Crippen LogP contribution in [0.3, 0.4) is 0 Å². The van der Waals surface area contributed by atoms with Gasteiger partial charge in [0.1, 0.15) is 0 Å². The fraction of sp³-hybridized carbons (Fsp3) is 0.200. The van der Waals surface area contributed by atoms with E-state index in [0.29, 0.717) is 6.42 Å². The molecule has 0 atom stereocenters. The van der Waals surface area contributed by atoms with Crippen molar-refractivity contribution in [3.8, 4) is 0 Å². The van der Waals surface area contributed by atoms with Gasteiger partial charge in [0, 0.05) is 30.3 Å². The lowest BCUT2D eigenvalue weighted by molar-refractivity contribution is -0.116. The van der Waals surface area contributed by atoms with E-state index in [0.717, 1.165) is 17.2 Å². The largest absolute Gasteiger partial charge is 0.273 e. The van der Waals surface area contributed by atoms with Crippen LogP contribution in [0.4, 0.5) is 0 Å². The summed E-state index contributed by atoms with van der Waals surface area (Å²) in [6, 6.07) is 3.75. The number of amides is 1. The van der Waals surface area contributed by atoms with Gasteiger partial charge in [-0.3, -0.25) is 9.78 Å². The quantitative estimate of drug-likeness (QED) is 0.644. The van der Waals surface area contributed by atoms with Crippen LogP contribution in [-0.4, -0.2) is 16.6 Å². The summed E-state index contributed by atoms with van der Waals surface area (Å²) < 4.78 is 0. The van der Waals surface area contributed by atoms with E-state index in [1.54, 1.807) is 12.4 Å². The second-order valence-electron chi connectivity index (χ2n) is 3.05. The number of aliphatic imine (C=N–C) groups is 1. The highest BCUT2D eigenvalue weighted by Crippen LogP contribution is 2.21. The standard InChI is InChI=1S/C10H9N2O/c1-7-5-9(13)12-10(7)8-3-2-4-11-6-8/h2-4,6H,5H2,1H3. The molecule has 2 heterocycles. The SMILES string of the molecule is C[C]1CC(=O)N=C1c1cccnc1. The third-order valence-corrected chi connectivity index (χ3v) is 1.99. The first-order chi connectivity index (χ1) is 6.27. The molecule has 13 heavy (non-hydrogen) atoms. The van der Waals surface area contributed by atoms with Crippen LogP contribution in [0, 0.1) is 5.92 Å². The molecule has 1 aromatic rings. The normalized spacial score (nSPS) is 17.6. The molecule has 1 radical (unpaired) electrons. The van der Waals surface area contributed by atoms with Crippen LogP contribution in [0.5, 0.6) is 0 Å². The van der Waals surface area contributed by atoms with Crippen molar-refractivity contribution in [2.24, 2.45) is 4.99 Å². The van der Waals surface area contributed by atoms with Crippen molar-refractivity contribution in [2.75, 3.05) is 0 Å². The molecule has 0 fully saturated rings. The lowest BCUT2D eigenvalue weighted by atomic mass is 10.00. The van der Waals surface area contributed by atoms with Crippen molar-refractivity contribution < 1.29 is 4.79 Å². The number of hydrogen-bond acceptors (Lipinski definition) is 2. The lowest BCUT2D eigenvalue weighted by Gasteiger charge is -2.03. The molecular formula is C10H9N2O. The molecule has 65 valence electrons. The third kappa shape index (κ3) is 1.49. The molecule has 0 unspecified atom stereocenters. The highest BCUT2D eigenvalue weighted by atomic mass is 16.1. The minimum Gasteiger partial charge on any atom is -0.273 e. The van der Waals surface area contributed by atoms with Crippen molar-refractivity contribution in [1.29, 1.82) is 0 Å². The van der Waals surface area contributed by atoms with Crippen molar-refractivity contribution >= 4 is 11.6 Å². The van der Waals surface area contributed by atoms with Gasteiger partial charge in [-0.05, 0) is 6.07 Å². The summed E-state index contributed by atoms with van der Waals surface area (Å²) in [5.41, 5.74) is 1.71. The van der Waals surface area contributed by atoms with Crippen LogP contribution >= 0.6 is 0 Å². The molecule has 0 aromatic carbocycles. The van der Waals surface area contributed by atoms with Crippen LogP contribution in [-0.2, 0) is 4.79 Å². The summed E-state index contributed by atoms with van der Waals surface area (Å²) >= 11 is 0. The second-order valence-corrected chi connectivity index (χ2v) is 3.05. The molecule has 0 aliphatic carbocycles. The maximum atomic E-state index is 11.0. The van der Waals surface area contributed by atoms with E-state index in [9.17, 15) is 4.79 Å². The zero-order chi connectivity index (χ0) is 9.26. The third-order valence-electron chi connectivity index (χ3n) is 1.99. The first kappa shape index (κ1) is 8.10. The van der Waals surface area contributed by atoms with Crippen LogP contribution in [0.25, 0.3) is 0 Å². The number of hydrogen-bond donors (Lipinski definition) is 0. The lowest BCUT2D eigenvalue weighted by Crippen LogP contribution is -2.05. The zero-order valence-corrected chi connectivity index (χ0v) is 7.32. The Labute approximate surface area is 76.5 Å². The molecule has 2 rings (SSSR count). The molecule has 0 saturated carbocycles. The van der Waals surface area contributed by atoms with Gasteiger partial charge in [-0.15, -0.1) is 0 Å². The van der Waals surface area contributed by atoms with E-state index < -0.39 is 0 Å². The Balaban J connectivity index is 2.37. The fourth-order valence-corrected chi connectivity index (χ4v) is 1.38. The topological polar surface area (TPSA) is 42.3 Å². The number of carbonyl (C=O) groups excluding carboxylic acids is 1. The number of pyridine rings is 1. The van der Waals surface area contributed by atoms with Crippen LogP contribution in [0.1, 0.15) is 18.9 Å². The first-order valence-electron chi connectivity index (χ1n) is 4.12. The summed E-state index contributed by atoms with van der Waals surface area (Å²) in [5.74, 6) is 0.967. The Morgan fingerprint density at radius 3 is 2.85 bits per heavy atom. The van der Waals surface area contributed by atoms with Crippen LogP contribution < -0.4 is 0 Å². The Morgan fingerprint density at radius 2 is 2.31 bits per heavy atom. The Bertz CT molecular complexity index is 356. The molecule has 1 amide bonds. The van der Waals surface area contributed by atoms with E-state index in [-0.39, 0.29) is 5.91 Å². The Kier molecular flexibility index (Phi) is 1.93. The maximum absolute atomic E-state index is 11.0. The van der Waals surface area contributed by atoms with Gasteiger partial charge in [-0.1, -0.05) is 13.0 Å². The fourth-order valence-electron chi connectivity index (χ4n) is 1.38. The predicted octanol–water partition coefficient (Wildman–Crippen LogP) is 1.40. The van der Waals surface area contributed by atoms with E-state index in [4.69, 9.17) is 0 Å². The Hall–Kier alpha value is -1.51. The van der Waals surface area contributed by atoms with Gasteiger partial charge in [-0.25, -0.2) is 4.99 Å². The van der Waals surface area contributed by atoms with Crippen molar-refractivity contribution in [2.45, 2.75) is 13.3 Å². The summed E-state index contributed by atoms with van der Waals surface area (Å²) in [6.07, 6.45) is 3.88. The number of nitrogens with zero attached hydrogens (tertiary/aromatic N) is 2. The predicted molar refractivity (Wildman–Crippen MR) is 49.3 cm³/mol. The molecule has 3 heteroatoms. The van der Waals surface area contributed by atoms with E-state index >= 15 is 0 Å². The van der Waals surface area contributed by atoms with E-state index in [1.165, 1.54) is 0 Å². The number of rotatable bonds is 1. The van der Waals surface area contributed by atoms with Gasteiger partial charge in [0.15, 0.2) is 0 Å². The summed E-state index contributed by atoms with van der Waals surface area (Å²) in [6.45, 7) is 1.93. The van der Waals surface area contributed by atoms with E-state index in [2.05, 4.69) is 9.98 Å². The van der Waals surface area contributed by atoms with E-state index in [1.807, 2.05) is 19.1 Å². The smallest absolute Gasteiger partial charge is 0.246 e. The highest BCUT2D eigenvalue weighted by Gasteiger charge is 2.24. The molecular weight excluding hydrogens is 164 g/mol. The number of carbonyl (C=O) groups is 1. The first-order valence-corrected chi connectivity index (χ1v) is 4.12. The molecule has 0 bridgehead atoms. The molecule has 1 aliphatic heterocycles. The number of aromatic nitrogens is 1. The van der Waals surface area contributed by atoms with Gasteiger partial charge >= 0.3 is 0 Å². The van der Waals surface area contributed by atoms with Crippen molar-refractivity contribution in [3.63, 3.8) is 0 Å². The minimum atomic E-state index is -0.0589. The van der Waals surface area contributed by atoms with Crippen molar-refractivity contribution in [3.05, 3.63) is 36.0 Å². The average Bonchev–Trinajstić information content (AvgIpc) is 2.47. The van der Waals surface area contributed by atoms with Crippen LogP contribution in [0.15, 0.2) is 29.5 Å². The second kappa shape index (κ2) is 3.09. The summed E-state index contributed by atoms with van der Waals surface area (Å²) in [4.78, 5) is 18.9. The zero-order valence-electron chi connectivity index (χ0n) is 7.32. The molecule has 1 aromatic heterocycles. The minimum absolute atomic E-state index is 0.0589. The van der Waals surface area contributed by atoms with Crippen LogP contribution in [0.2, 0.25) is 0 Å². The molecule has 0 N–H and O–H groups in total. The molecule has 0 saturated heterocycles. The highest BCUT2D eigenvalue weighted by molar-refractivity contribution is 6.19. The van der Waals surface area contributed by atoms with Gasteiger partial charge in [0.05, 0.1) is 5.71 Å². The summed E-state index contributed by atoms with van der Waals surface area (Å²) in [7, 11) is 0. The molecule has 1 aliphatic rings. The average molecular weight is 173 g/mol. The Morgan fingerprint density at radius 1 is 1.46 bits per heavy atom. The monoisotopic (exact) mass is 173 g/mol. The summed E-state index contributed by atoms with van der Waals surface area (Å²) in [5, 5.41) is 0. The van der Waals surface area contributed by atoms with Crippen molar-refractivity contribution in [1.82, 2.24) is 4.98 Å². The van der Waals surface area contributed by atoms with Gasteiger partial charge in [-0.2, -0.15) is 0 Å². The van der Waals surface area contributed by atoms with Gasteiger partial charge < -0.3 is 0 Å². The molecule has 0 spiro atoms.